The Bertz CT molecular complexity index is 1580. The molecule has 0 fully saturated rings. The van der Waals surface area contributed by atoms with Crippen molar-refractivity contribution in [3.8, 4) is 5.75 Å². The Kier molecular flexibility index (Phi) is 8.88. The highest BCUT2D eigenvalue weighted by atomic mass is 35.5. The molecule has 0 aliphatic rings. The zero-order chi connectivity index (χ0) is 28.0. The van der Waals surface area contributed by atoms with Crippen LogP contribution in [0, 0.1) is 0 Å². The molecule has 0 radical (unpaired) electrons. The van der Waals surface area contributed by atoms with E-state index in [-0.39, 0.29) is 13.2 Å². The third-order valence-electron chi connectivity index (χ3n) is 6.84. The Balaban J connectivity index is 1.20. The Hall–Kier alpha value is -3.61. The normalized spacial score (nSPS) is 13.2. The van der Waals surface area contributed by atoms with E-state index in [4.69, 9.17) is 27.9 Å². The first-order valence-corrected chi connectivity index (χ1v) is 13.8. The number of aliphatic hydroxyl groups is 1. The predicted molar refractivity (Wildman–Crippen MR) is 164 cm³/mol. The summed E-state index contributed by atoms with van der Waals surface area (Å²) in [4.78, 5) is 6.37. The minimum Gasteiger partial charge on any atom is -0.490 e. The molecule has 5 rings (SSSR count). The fraction of sp³-hybridized carbons (Fsp3) is 0.182. The second-order valence-corrected chi connectivity index (χ2v) is 10.8. The lowest BCUT2D eigenvalue weighted by molar-refractivity contribution is -0.0242. The number of nitrogens with zero attached hydrogens (tertiary/aromatic N) is 3. The largest absolute Gasteiger partial charge is 0.490 e. The number of halogens is 2. The Morgan fingerprint density at radius 2 is 1.80 bits per heavy atom. The van der Waals surface area contributed by atoms with Crippen molar-refractivity contribution < 1.29 is 9.84 Å². The quantitative estimate of drug-likeness (QED) is 0.179. The summed E-state index contributed by atoms with van der Waals surface area (Å²) < 4.78 is 7.84. The number of hydrogen-bond donors (Lipinski definition) is 1. The number of ether oxygens (including phenoxy) is 1. The molecule has 1 atom stereocenters. The van der Waals surface area contributed by atoms with Gasteiger partial charge in [0.05, 0.1) is 12.9 Å². The van der Waals surface area contributed by atoms with Gasteiger partial charge in [0, 0.05) is 41.1 Å². The number of aromatic nitrogens is 2. The second kappa shape index (κ2) is 12.7. The lowest BCUT2D eigenvalue weighted by Crippen LogP contribution is -2.38. The fourth-order valence-corrected chi connectivity index (χ4v) is 5.37. The summed E-state index contributed by atoms with van der Waals surface area (Å²) >= 11 is 12.5. The number of benzene rings is 4. The molecule has 40 heavy (non-hydrogen) atoms. The van der Waals surface area contributed by atoms with E-state index in [1.54, 1.807) is 41.5 Å². The van der Waals surface area contributed by atoms with Crippen molar-refractivity contribution in [2.24, 2.45) is 0 Å². The summed E-state index contributed by atoms with van der Waals surface area (Å²) in [6.45, 7) is 1.92. The molecule has 1 unspecified atom stereocenters. The molecular formula is C33H31Cl2N3O2. The lowest BCUT2D eigenvalue weighted by Gasteiger charge is -2.30. The van der Waals surface area contributed by atoms with Gasteiger partial charge in [0.15, 0.2) is 0 Å². The van der Waals surface area contributed by atoms with Gasteiger partial charge in [-0.05, 0) is 53.2 Å². The topological polar surface area (TPSA) is 50.5 Å². The van der Waals surface area contributed by atoms with Crippen molar-refractivity contribution in [3.63, 3.8) is 0 Å². The van der Waals surface area contributed by atoms with E-state index in [1.165, 1.54) is 16.3 Å². The van der Waals surface area contributed by atoms with Gasteiger partial charge < -0.3 is 14.4 Å². The van der Waals surface area contributed by atoms with Crippen molar-refractivity contribution in [2.75, 3.05) is 20.2 Å². The number of likely N-dealkylation sites (N-methyl/N-ethyl adjacent to an activating group) is 1. The first-order chi connectivity index (χ1) is 19.4. The van der Waals surface area contributed by atoms with Crippen LogP contribution in [0.5, 0.6) is 5.75 Å². The van der Waals surface area contributed by atoms with Gasteiger partial charge >= 0.3 is 0 Å². The van der Waals surface area contributed by atoms with Crippen LogP contribution < -0.4 is 4.74 Å². The molecule has 0 saturated carbocycles. The molecule has 204 valence electrons. The monoisotopic (exact) mass is 571 g/mol. The smallest absolute Gasteiger partial charge is 0.143 e. The Morgan fingerprint density at radius 3 is 2.58 bits per heavy atom. The van der Waals surface area contributed by atoms with Gasteiger partial charge in [-0.1, -0.05) is 96.0 Å². The molecule has 5 aromatic rings. The molecule has 1 N–H and O–H groups in total. The molecule has 0 bridgehead atoms. The van der Waals surface area contributed by atoms with Crippen molar-refractivity contribution in [3.05, 3.63) is 136 Å². The molecule has 1 heterocycles. The molecule has 4 aromatic carbocycles. The van der Waals surface area contributed by atoms with Crippen LogP contribution in [0.25, 0.3) is 16.8 Å². The summed E-state index contributed by atoms with van der Waals surface area (Å²) in [6.07, 6.45) is 9.36. The number of fused-ring (bicyclic) bond motifs is 1. The van der Waals surface area contributed by atoms with Crippen molar-refractivity contribution in [2.45, 2.75) is 18.7 Å². The standard InChI is InChI=1S/C33H31Cl2N3O2/c1-37(21-27-9-4-8-26-7-2-3-10-30(26)27)18-5-6-25-11-14-29(15-12-25)40-23-33(39,22-38-19-17-36-24-38)31-16-13-28(34)20-32(31)35/h2-17,19-20,24,39H,18,21-23H2,1H3. The van der Waals surface area contributed by atoms with Crippen LogP contribution in [0.15, 0.2) is 110 Å². The van der Waals surface area contributed by atoms with Gasteiger partial charge in [-0.3, -0.25) is 4.90 Å². The molecule has 0 saturated heterocycles. The molecular weight excluding hydrogens is 541 g/mol. The van der Waals surface area contributed by atoms with Gasteiger partial charge in [-0.2, -0.15) is 0 Å². The molecule has 0 aliphatic heterocycles. The molecule has 7 heteroatoms. The van der Waals surface area contributed by atoms with Crippen LogP contribution in [0.4, 0.5) is 0 Å². The minimum atomic E-state index is -1.39. The van der Waals surface area contributed by atoms with E-state index in [1.807, 2.05) is 24.3 Å². The second-order valence-electron chi connectivity index (χ2n) is 9.99. The van der Waals surface area contributed by atoms with Crippen LogP contribution in [0.1, 0.15) is 16.7 Å². The number of imidazole rings is 1. The zero-order valence-corrected chi connectivity index (χ0v) is 23.8. The highest BCUT2D eigenvalue weighted by Gasteiger charge is 2.33. The van der Waals surface area contributed by atoms with Crippen molar-refractivity contribution >= 4 is 40.1 Å². The maximum atomic E-state index is 11.7. The molecule has 5 nitrogen and oxygen atoms in total. The van der Waals surface area contributed by atoms with Gasteiger partial charge in [-0.25, -0.2) is 4.98 Å². The van der Waals surface area contributed by atoms with Crippen LogP contribution in [0.3, 0.4) is 0 Å². The summed E-state index contributed by atoms with van der Waals surface area (Å²) in [5, 5.41) is 15.1. The highest BCUT2D eigenvalue weighted by molar-refractivity contribution is 6.35. The van der Waals surface area contributed by atoms with E-state index in [2.05, 4.69) is 71.5 Å². The van der Waals surface area contributed by atoms with Gasteiger partial charge in [0.2, 0.25) is 0 Å². The summed E-state index contributed by atoms with van der Waals surface area (Å²) in [6, 6.07) is 27.8. The third-order valence-corrected chi connectivity index (χ3v) is 7.39. The Labute approximate surface area is 244 Å². The van der Waals surface area contributed by atoms with Crippen molar-refractivity contribution in [1.82, 2.24) is 14.5 Å². The predicted octanol–water partition coefficient (Wildman–Crippen LogP) is 7.46. The Morgan fingerprint density at radius 1 is 1.00 bits per heavy atom. The van der Waals surface area contributed by atoms with Crippen LogP contribution >= 0.6 is 23.2 Å². The van der Waals surface area contributed by atoms with Crippen LogP contribution in [0.2, 0.25) is 10.0 Å². The first-order valence-electron chi connectivity index (χ1n) is 13.1. The van der Waals surface area contributed by atoms with Crippen LogP contribution in [-0.2, 0) is 18.7 Å². The molecule has 0 aliphatic carbocycles. The third kappa shape index (κ3) is 6.93. The first kappa shape index (κ1) is 27.9. The van der Waals surface area contributed by atoms with Gasteiger partial charge in [0.25, 0.3) is 0 Å². The summed E-state index contributed by atoms with van der Waals surface area (Å²) in [7, 11) is 2.13. The average molecular weight is 573 g/mol. The van der Waals surface area contributed by atoms with E-state index in [0.29, 0.717) is 21.4 Å². The van der Waals surface area contributed by atoms with E-state index in [9.17, 15) is 5.11 Å². The SMILES string of the molecule is CN(CC=Cc1ccc(OCC(O)(Cn2ccnc2)c2ccc(Cl)cc2Cl)cc1)Cc1cccc2ccccc12. The zero-order valence-electron chi connectivity index (χ0n) is 22.3. The highest BCUT2D eigenvalue weighted by Crippen LogP contribution is 2.33. The van der Waals surface area contributed by atoms with Crippen molar-refractivity contribution in [1.29, 1.82) is 0 Å². The van der Waals surface area contributed by atoms with Gasteiger partial charge in [0.1, 0.15) is 18.0 Å². The number of rotatable bonds is 11. The lowest BCUT2D eigenvalue weighted by atomic mass is 9.94. The maximum absolute atomic E-state index is 11.7. The minimum absolute atomic E-state index is 0.000676. The van der Waals surface area contributed by atoms with E-state index >= 15 is 0 Å². The maximum Gasteiger partial charge on any atom is 0.143 e. The van der Waals surface area contributed by atoms with E-state index in [0.717, 1.165) is 18.7 Å². The number of hydrogen-bond acceptors (Lipinski definition) is 4. The molecule has 0 spiro atoms. The molecule has 1 aromatic heterocycles. The fourth-order valence-electron chi connectivity index (χ4n) is 4.79. The summed E-state index contributed by atoms with van der Waals surface area (Å²) in [5.41, 5.74) is 1.54. The van der Waals surface area contributed by atoms with Gasteiger partial charge in [-0.15, -0.1) is 0 Å². The summed E-state index contributed by atoms with van der Waals surface area (Å²) in [5.74, 6) is 0.652. The van der Waals surface area contributed by atoms with E-state index < -0.39 is 5.60 Å². The van der Waals surface area contributed by atoms with Crippen LogP contribution in [-0.4, -0.2) is 39.8 Å². The molecule has 0 amide bonds. The average Bonchev–Trinajstić information content (AvgIpc) is 3.45.